The number of amides is 1. The maximum atomic E-state index is 12.3. The van der Waals surface area contributed by atoms with Crippen molar-refractivity contribution >= 4 is 11.9 Å². The maximum absolute atomic E-state index is 12.3. The van der Waals surface area contributed by atoms with E-state index in [1.54, 1.807) is 0 Å². The van der Waals surface area contributed by atoms with E-state index in [1.807, 2.05) is 6.92 Å². The number of ether oxygens (including phenoxy) is 2. The molecule has 0 unspecified atom stereocenters. The van der Waals surface area contributed by atoms with Gasteiger partial charge in [-0.25, -0.2) is 4.79 Å². The second-order valence-corrected chi connectivity index (χ2v) is 6.76. The average Bonchev–Trinajstić information content (AvgIpc) is 2.60. The maximum Gasteiger partial charge on any atom is 0.422 e. The molecule has 1 saturated carbocycles. The normalized spacial score (nSPS) is 22.7. The first kappa shape index (κ1) is 20.9. The lowest BCUT2D eigenvalue weighted by atomic mass is 9.77. The number of hydrogen-bond donors (Lipinski definition) is 2. The summed E-state index contributed by atoms with van der Waals surface area (Å²) in [4.78, 5) is 23.8. The molecule has 9 heteroatoms. The van der Waals surface area contributed by atoms with Gasteiger partial charge < -0.3 is 19.9 Å². The van der Waals surface area contributed by atoms with Crippen LogP contribution in [0.1, 0.15) is 32.6 Å². The van der Waals surface area contributed by atoms with Gasteiger partial charge >= 0.3 is 12.1 Å². The summed E-state index contributed by atoms with van der Waals surface area (Å²) >= 11 is 0. The highest BCUT2D eigenvalue weighted by Gasteiger charge is 2.42. The summed E-state index contributed by atoms with van der Waals surface area (Å²) < 4.78 is 46.9. The van der Waals surface area contributed by atoms with E-state index in [-0.39, 0.29) is 11.5 Å². The van der Waals surface area contributed by atoms with Gasteiger partial charge in [0.25, 0.3) is 5.91 Å². The van der Waals surface area contributed by atoms with Crippen LogP contribution < -0.4 is 14.8 Å². The molecular weight excluding hydrogens is 367 g/mol. The molecule has 1 aliphatic rings. The lowest BCUT2D eigenvalue weighted by molar-refractivity contribution is -0.153. The summed E-state index contributed by atoms with van der Waals surface area (Å²) in [6.07, 6.45) is -2.50. The van der Waals surface area contributed by atoms with Gasteiger partial charge in [0, 0.05) is 0 Å². The number of carboxylic acid groups (broad SMARTS) is 1. The van der Waals surface area contributed by atoms with Gasteiger partial charge in [-0.15, -0.1) is 0 Å². The Morgan fingerprint density at radius 3 is 2.26 bits per heavy atom. The van der Waals surface area contributed by atoms with Gasteiger partial charge in [0.1, 0.15) is 5.54 Å². The molecule has 0 heterocycles. The van der Waals surface area contributed by atoms with Gasteiger partial charge in [-0.2, -0.15) is 13.2 Å². The number of nitrogens with one attached hydrogen (secondary N) is 1. The van der Waals surface area contributed by atoms with Crippen molar-refractivity contribution in [2.24, 2.45) is 5.92 Å². The molecule has 0 aliphatic heterocycles. The van der Waals surface area contributed by atoms with Crippen LogP contribution in [0.15, 0.2) is 24.3 Å². The number of halogens is 3. The van der Waals surface area contributed by atoms with Gasteiger partial charge in [0.05, 0.1) is 0 Å². The van der Waals surface area contributed by atoms with Crippen LogP contribution in [0.3, 0.4) is 0 Å². The summed E-state index contributed by atoms with van der Waals surface area (Å²) in [5, 5.41) is 12.0. The van der Waals surface area contributed by atoms with Crippen molar-refractivity contribution in [2.75, 3.05) is 13.2 Å². The van der Waals surface area contributed by atoms with E-state index in [1.165, 1.54) is 24.3 Å². The van der Waals surface area contributed by atoms with Crippen molar-refractivity contribution in [1.29, 1.82) is 0 Å². The van der Waals surface area contributed by atoms with Crippen LogP contribution in [0.5, 0.6) is 11.5 Å². The van der Waals surface area contributed by atoms with Crippen molar-refractivity contribution in [3.05, 3.63) is 24.3 Å². The van der Waals surface area contributed by atoms with Crippen LogP contribution in [0.2, 0.25) is 0 Å². The SMILES string of the molecule is CC1CCC(NC(=O)COc2ccccc2OCC(F)(F)F)(C(=O)O)CC1. The number of carbonyl (C=O) groups excluding carboxylic acids is 1. The van der Waals surface area contributed by atoms with E-state index in [0.717, 1.165) is 0 Å². The van der Waals surface area contributed by atoms with Crippen molar-refractivity contribution in [1.82, 2.24) is 5.32 Å². The molecule has 0 bridgehead atoms. The molecule has 150 valence electrons. The van der Waals surface area contributed by atoms with E-state index in [2.05, 4.69) is 10.1 Å². The zero-order valence-electron chi connectivity index (χ0n) is 14.8. The van der Waals surface area contributed by atoms with Crippen LogP contribution in [-0.4, -0.2) is 41.9 Å². The van der Waals surface area contributed by atoms with Crippen LogP contribution in [0, 0.1) is 5.92 Å². The van der Waals surface area contributed by atoms with Crippen LogP contribution in [0.4, 0.5) is 13.2 Å². The van der Waals surface area contributed by atoms with E-state index in [4.69, 9.17) is 4.74 Å². The molecule has 2 N–H and O–H groups in total. The number of benzene rings is 1. The number of rotatable bonds is 7. The quantitative estimate of drug-likeness (QED) is 0.748. The molecule has 6 nitrogen and oxygen atoms in total. The van der Waals surface area contributed by atoms with E-state index in [9.17, 15) is 27.9 Å². The Labute approximate surface area is 154 Å². The van der Waals surface area contributed by atoms with Crippen LogP contribution in [-0.2, 0) is 9.59 Å². The summed E-state index contributed by atoms with van der Waals surface area (Å²) in [7, 11) is 0. The van der Waals surface area contributed by atoms with Crippen LogP contribution >= 0.6 is 0 Å². The first-order valence-electron chi connectivity index (χ1n) is 8.57. The number of aliphatic carboxylic acids is 1. The van der Waals surface area contributed by atoms with E-state index >= 15 is 0 Å². The van der Waals surface area contributed by atoms with Crippen molar-refractivity contribution in [3.8, 4) is 11.5 Å². The monoisotopic (exact) mass is 389 g/mol. The smallest absolute Gasteiger partial charge is 0.422 e. The van der Waals surface area contributed by atoms with E-state index < -0.39 is 36.8 Å². The molecule has 1 amide bonds. The number of para-hydroxylation sites is 2. The zero-order chi connectivity index (χ0) is 20.1. The third-order valence-corrected chi connectivity index (χ3v) is 4.52. The minimum absolute atomic E-state index is 0.0291. The second-order valence-electron chi connectivity index (χ2n) is 6.76. The molecule has 1 fully saturated rings. The Kier molecular flexibility index (Phi) is 6.56. The number of carboxylic acids is 1. The summed E-state index contributed by atoms with van der Waals surface area (Å²) in [6, 6.07) is 5.66. The van der Waals surface area contributed by atoms with Crippen LogP contribution in [0.25, 0.3) is 0 Å². The topological polar surface area (TPSA) is 84.9 Å². The zero-order valence-corrected chi connectivity index (χ0v) is 14.8. The molecule has 27 heavy (non-hydrogen) atoms. The summed E-state index contributed by atoms with van der Waals surface area (Å²) in [6.45, 7) is 0.00539. The predicted molar refractivity (Wildman–Crippen MR) is 89.6 cm³/mol. The molecule has 0 spiro atoms. The fourth-order valence-electron chi connectivity index (χ4n) is 2.94. The lowest BCUT2D eigenvalue weighted by Gasteiger charge is -2.36. The number of carbonyl (C=O) groups is 2. The molecule has 2 rings (SSSR count). The average molecular weight is 389 g/mol. The predicted octanol–water partition coefficient (Wildman–Crippen LogP) is 3.16. The minimum Gasteiger partial charge on any atom is -0.480 e. The molecular formula is C18H22F3NO5. The fraction of sp³-hybridized carbons (Fsp3) is 0.556. The van der Waals surface area contributed by atoms with Gasteiger partial charge in [-0.3, -0.25) is 4.79 Å². The van der Waals surface area contributed by atoms with Gasteiger partial charge in [0.2, 0.25) is 0 Å². The largest absolute Gasteiger partial charge is 0.480 e. The standard InChI is InChI=1S/C18H22F3NO5/c1-12-6-8-17(9-7-12,16(24)25)22-15(23)10-26-13-4-2-3-5-14(13)27-11-18(19,20)21/h2-5,12H,6-11H2,1H3,(H,22,23)(H,24,25). The van der Waals surface area contributed by atoms with Gasteiger partial charge in [0.15, 0.2) is 24.7 Å². The summed E-state index contributed by atoms with van der Waals surface area (Å²) in [5.74, 6) is -1.54. The van der Waals surface area contributed by atoms with Crippen molar-refractivity contribution in [3.63, 3.8) is 0 Å². The second kappa shape index (κ2) is 8.49. The first-order valence-corrected chi connectivity index (χ1v) is 8.57. The fourth-order valence-corrected chi connectivity index (χ4v) is 2.94. The van der Waals surface area contributed by atoms with E-state index in [0.29, 0.717) is 31.6 Å². The third-order valence-electron chi connectivity index (χ3n) is 4.52. The summed E-state index contributed by atoms with van der Waals surface area (Å²) in [5.41, 5.74) is -1.33. The van der Waals surface area contributed by atoms with Gasteiger partial charge in [-0.05, 0) is 43.7 Å². The Morgan fingerprint density at radius 2 is 1.74 bits per heavy atom. The molecule has 0 saturated heterocycles. The highest BCUT2D eigenvalue weighted by Crippen LogP contribution is 2.32. The minimum atomic E-state index is -4.50. The highest BCUT2D eigenvalue weighted by molar-refractivity contribution is 5.87. The Bertz CT molecular complexity index is 669. The Morgan fingerprint density at radius 1 is 1.19 bits per heavy atom. The van der Waals surface area contributed by atoms with Crippen molar-refractivity contribution < 1.29 is 37.3 Å². The molecule has 1 aromatic rings. The number of alkyl halides is 3. The Hall–Kier alpha value is -2.45. The molecule has 1 aromatic carbocycles. The molecule has 0 atom stereocenters. The molecule has 0 aromatic heterocycles. The molecule has 0 radical (unpaired) electrons. The molecule has 1 aliphatic carbocycles. The number of hydrogen-bond acceptors (Lipinski definition) is 4. The highest BCUT2D eigenvalue weighted by atomic mass is 19.4. The first-order chi connectivity index (χ1) is 12.6. The Balaban J connectivity index is 1.96. The third kappa shape index (κ3) is 6.04. The van der Waals surface area contributed by atoms with Crippen molar-refractivity contribution in [2.45, 2.75) is 44.3 Å². The van der Waals surface area contributed by atoms with Gasteiger partial charge in [-0.1, -0.05) is 19.1 Å². The lowest BCUT2D eigenvalue weighted by Crippen LogP contribution is -2.57.